The van der Waals surface area contributed by atoms with E-state index >= 15 is 0 Å². The van der Waals surface area contributed by atoms with Crippen molar-refractivity contribution in [2.24, 2.45) is 0 Å². The van der Waals surface area contributed by atoms with E-state index in [0.717, 1.165) is 16.5 Å². The number of ether oxygens (including phenoxy) is 1. The minimum absolute atomic E-state index is 0.0608. The number of amides is 2. The van der Waals surface area contributed by atoms with Crippen molar-refractivity contribution < 1.29 is 14.3 Å². The Morgan fingerprint density at radius 3 is 2.27 bits per heavy atom. The lowest BCUT2D eigenvalue weighted by Crippen LogP contribution is -2.34. The number of benzene rings is 3. The van der Waals surface area contributed by atoms with Gasteiger partial charge in [-0.2, -0.15) is 0 Å². The predicted molar refractivity (Wildman–Crippen MR) is 139 cm³/mol. The molecule has 170 valence electrons. The number of carbonyl (C=O) groups excluding carboxylic acids is 2. The first kappa shape index (κ1) is 24.4. The van der Waals surface area contributed by atoms with Crippen LogP contribution in [0.25, 0.3) is 0 Å². The molecule has 0 aliphatic heterocycles. The van der Waals surface area contributed by atoms with Crippen molar-refractivity contribution in [2.45, 2.75) is 19.8 Å². The van der Waals surface area contributed by atoms with Gasteiger partial charge in [0.2, 0.25) is 5.91 Å². The van der Waals surface area contributed by atoms with E-state index in [-0.39, 0.29) is 16.9 Å². The fourth-order valence-corrected chi connectivity index (χ4v) is 3.52. The Morgan fingerprint density at radius 2 is 1.61 bits per heavy atom. The zero-order valence-corrected chi connectivity index (χ0v) is 20.5. The first-order chi connectivity index (χ1) is 15.9. The fraction of sp³-hybridized carbons (Fsp3) is 0.160. The van der Waals surface area contributed by atoms with Crippen molar-refractivity contribution in [3.8, 4) is 5.75 Å². The van der Waals surface area contributed by atoms with Gasteiger partial charge in [-0.1, -0.05) is 53.2 Å². The van der Waals surface area contributed by atoms with Gasteiger partial charge in [-0.15, -0.1) is 0 Å². The van der Waals surface area contributed by atoms with Crippen LogP contribution in [0.4, 0.5) is 11.4 Å². The zero-order chi connectivity index (χ0) is 23.6. The number of thiocarbonyl (C=S) groups is 1. The van der Waals surface area contributed by atoms with Gasteiger partial charge in [0.1, 0.15) is 5.75 Å². The molecule has 6 nitrogen and oxygen atoms in total. The zero-order valence-electron chi connectivity index (χ0n) is 18.1. The summed E-state index contributed by atoms with van der Waals surface area (Å²) in [6.45, 7) is 2.23. The highest BCUT2D eigenvalue weighted by Crippen LogP contribution is 2.24. The van der Waals surface area contributed by atoms with Crippen LogP contribution in [0.2, 0.25) is 0 Å². The van der Waals surface area contributed by atoms with Crippen LogP contribution in [0.1, 0.15) is 29.3 Å². The van der Waals surface area contributed by atoms with Crippen molar-refractivity contribution in [1.82, 2.24) is 5.32 Å². The normalized spacial score (nSPS) is 10.2. The molecule has 8 heteroatoms. The summed E-state index contributed by atoms with van der Waals surface area (Å²) in [6.07, 6.45) is 1.14. The van der Waals surface area contributed by atoms with Crippen molar-refractivity contribution in [1.29, 1.82) is 0 Å². The summed E-state index contributed by atoms with van der Waals surface area (Å²) in [7, 11) is 0. The van der Waals surface area contributed by atoms with E-state index in [1.807, 2.05) is 36.4 Å². The first-order valence-corrected chi connectivity index (χ1v) is 11.6. The van der Waals surface area contributed by atoms with E-state index in [4.69, 9.17) is 17.0 Å². The maximum Gasteiger partial charge on any atom is 0.261 e. The average molecular weight is 526 g/mol. The van der Waals surface area contributed by atoms with Crippen LogP contribution in [0.5, 0.6) is 5.75 Å². The Kier molecular flexibility index (Phi) is 8.97. The maximum absolute atomic E-state index is 12.9. The topological polar surface area (TPSA) is 79.5 Å². The van der Waals surface area contributed by atoms with Crippen LogP contribution in [-0.2, 0) is 11.2 Å². The molecule has 0 spiro atoms. The van der Waals surface area contributed by atoms with E-state index in [9.17, 15) is 9.59 Å². The maximum atomic E-state index is 12.9. The quantitative estimate of drug-likeness (QED) is 0.336. The van der Waals surface area contributed by atoms with Gasteiger partial charge in [-0.25, -0.2) is 0 Å². The second-order valence-electron chi connectivity index (χ2n) is 7.11. The molecule has 0 fully saturated rings. The molecule has 0 radical (unpaired) electrons. The Hall–Kier alpha value is -3.23. The monoisotopic (exact) mass is 525 g/mol. The summed E-state index contributed by atoms with van der Waals surface area (Å²) in [4.78, 5) is 24.4. The predicted octanol–water partition coefficient (Wildman–Crippen LogP) is 5.55. The Balaban J connectivity index is 1.59. The molecule has 0 heterocycles. The SMILES string of the molecule is CCC(=O)Nc1ccc(NC(=S)NC(=O)c2cc(Br)ccc2OCCc2ccccc2)cc1. The fourth-order valence-electron chi connectivity index (χ4n) is 2.95. The molecule has 0 saturated carbocycles. The molecule has 3 aromatic carbocycles. The summed E-state index contributed by atoms with van der Waals surface area (Å²) in [5.41, 5.74) is 2.91. The van der Waals surface area contributed by atoms with Crippen LogP contribution >= 0.6 is 28.1 Å². The number of hydrogen-bond acceptors (Lipinski definition) is 4. The summed E-state index contributed by atoms with van der Waals surface area (Å²) in [6, 6.07) is 22.3. The minimum atomic E-state index is -0.379. The van der Waals surface area contributed by atoms with Gasteiger partial charge in [0.05, 0.1) is 12.2 Å². The largest absolute Gasteiger partial charge is 0.492 e. The smallest absolute Gasteiger partial charge is 0.261 e. The summed E-state index contributed by atoms with van der Waals surface area (Å²) in [5, 5.41) is 8.59. The second-order valence-corrected chi connectivity index (χ2v) is 8.44. The van der Waals surface area contributed by atoms with Gasteiger partial charge in [0.25, 0.3) is 5.91 Å². The van der Waals surface area contributed by atoms with E-state index in [2.05, 4.69) is 31.9 Å². The lowest BCUT2D eigenvalue weighted by Gasteiger charge is -2.14. The number of halogens is 1. The third kappa shape index (κ3) is 7.69. The molecule has 2 amide bonds. The van der Waals surface area contributed by atoms with Gasteiger partial charge in [-0.05, 0) is 60.2 Å². The lowest BCUT2D eigenvalue weighted by atomic mass is 10.1. The van der Waals surface area contributed by atoms with Crippen molar-refractivity contribution in [3.63, 3.8) is 0 Å². The van der Waals surface area contributed by atoms with Gasteiger partial charge < -0.3 is 15.4 Å². The molecule has 0 saturated heterocycles. The minimum Gasteiger partial charge on any atom is -0.492 e. The number of nitrogens with one attached hydrogen (secondary N) is 3. The third-order valence-electron chi connectivity index (χ3n) is 4.65. The Morgan fingerprint density at radius 1 is 0.939 bits per heavy atom. The highest BCUT2D eigenvalue weighted by molar-refractivity contribution is 9.10. The molecular formula is C25H24BrN3O3S. The molecule has 0 aliphatic rings. The van der Waals surface area contributed by atoms with E-state index in [1.165, 1.54) is 0 Å². The summed E-state index contributed by atoms with van der Waals surface area (Å²) < 4.78 is 6.65. The summed E-state index contributed by atoms with van der Waals surface area (Å²) in [5.74, 6) is 0.0371. The van der Waals surface area contributed by atoms with Crippen LogP contribution in [0, 0.1) is 0 Å². The standard InChI is InChI=1S/C25H24BrN3O3S/c1-2-23(30)27-19-9-11-20(12-10-19)28-25(33)29-24(31)21-16-18(26)8-13-22(21)32-15-14-17-6-4-3-5-7-17/h3-13,16H,2,14-15H2,1H3,(H,27,30)(H2,28,29,31,33). The van der Waals surface area contributed by atoms with Crippen LogP contribution in [0.3, 0.4) is 0 Å². The van der Waals surface area contributed by atoms with Gasteiger partial charge in [-0.3, -0.25) is 14.9 Å². The molecule has 33 heavy (non-hydrogen) atoms. The van der Waals surface area contributed by atoms with Crippen molar-refractivity contribution in [2.75, 3.05) is 17.2 Å². The molecule has 0 aromatic heterocycles. The van der Waals surface area contributed by atoms with Gasteiger partial charge in [0, 0.05) is 28.7 Å². The van der Waals surface area contributed by atoms with Gasteiger partial charge in [0.15, 0.2) is 5.11 Å². The van der Waals surface area contributed by atoms with E-state index < -0.39 is 0 Å². The molecule has 3 N–H and O–H groups in total. The molecule has 0 aliphatic carbocycles. The van der Waals surface area contributed by atoms with E-state index in [0.29, 0.717) is 35.7 Å². The van der Waals surface area contributed by atoms with Gasteiger partial charge >= 0.3 is 0 Å². The molecule has 3 rings (SSSR count). The summed E-state index contributed by atoms with van der Waals surface area (Å²) >= 11 is 8.70. The molecular weight excluding hydrogens is 502 g/mol. The first-order valence-electron chi connectivity index (χ1n) is 10.4. The molecule has 0 unspecified atom stereocenters. The Labute approximate surface area is 206 Å². The Bertz CT molecular complexity index is 1120. The number of hydrogen-bond donors (Lipinski definition) is 3. The average Bonchev–Trinajstić information content (AvgIpc) is 2.81. The molecule has 3 aromatic rings. The number of anilines is 2. The van der Waals surface area contributed by atoms with Crippen LogP contribution in [0.15, 0.2) is 77.3 Å². The lowest BCUT2D eigenvalue weighted by molar-refractivity contribution is -0.115. The number of rotatable bonds is 8. The van der Waals surface area contributed by atoms with E-state index in [1.54, 1.807) is 43.3 Å². The van der Waals surface area contributed by atoms with Crippen LogP contribution in [-0.4, -0.2) is 23.5 Å². The number of carbonyl (C=O) groups is 2. The third-order valence-corrected chi connectivity index (χ3v) is 5.35. The van der Waals surface area contributed by atoms with Crippen LogP contribution < -0.4 is 20.7 Å². The highest BCUT2D eigenvalue weighted by Gasteiger charge is 2.15. The molecule has 0 bridgehead atoms. The second kappa shape index (κ2) is 12.1. The highest BCUT2D eigenvalue weighted by atomic mass is 79.9. The van der Waals surface area contributed by atoms with Crippen molar-refractivity contribution in [3.05, 3.63) is 88.4 Å². The molecule has 0 atom stereocenters. The van der Waals surface area contributed by atoms with Crippen molar-refractivity contribution >= 4 is 56.4 Å².